The fourth-order valence-corrected chi connectivity index (χ4v) is 2.48. The Bertz CT molecular complexity index is 640. The lowest BCUT2D eigenvalue weighted by Crippen LogP contribution is -2.00. The van der Waals surface area contributed by atoms with E-state index in [1.807, 2.05) is 17.6 Å². The van der Waals surface area contributed by atoms with Gasteiger partial charge in [-0.1, -0.05) is 19.4 Å². The molecule has 0 spiro atoms. The SMILES string of the molecule is CCCCn1c(C)c(C=O)c2c(C(=O)O)cccc21. The molecule has 0 radical (unpaired) electrons. The molecule has 0 saturated heterocycles. The van der Waals surface area contributed by atoms with Gasteiger partial charge in [0.15, 0.2) is 6.29 Å². The number of carboxylic acids is 1. The van der Waals surface area contributed by atoms with Gasteiger partial charge < -0.3 is 9.67 Å². The molecule has 1 heterocycles. The number of carbonyl (C=O) groups excluding carboxylic acids is 1. The quantitative estimate of drug-likeness (QED) is 0.838. The average Bonchev–Trinajstić information content (AvgIpc) is 2.67. The van der Waals surface area contributed by atoms with Gasteiger partial charge in [-0.3, -0.25) is 4.79 Å². The number of hydrogen-bond acceptors (Lipinski definition) is 2. The van der Waals surface area contributed by atoms with Crippen molar-refractivity contribution in [2.75, 3.05) is 0 Å². The van der Waals surface area contributed by atoms with E-state index in [9.17, 15) is 14.7 Å². The number of rotatable bonds is 5. The molecule has 2 aromatic rings. The van der Waals surface area contributed by atoms with E-state index in [0.717, 1.165) is 36.9 Å². The molecule has 0 bridgehead atoms. The van der Waals surface area contributed by atoms with Gasteiger partial charge in [0.05, 0.1) is 5.56 Å². The minimum absolute atomic E-state index is 0.193. The first-order valence-electron chi connectivity index (χ1n) is 6.42. The summed E-state index contributed by atoms with van der Waals surface area (Å²) in [5, 5.41) is 9.81. The van der Waals surface area contributed by atoms with Crippen LogP contribution in [0, 0.1) is 6.92 Å². The van der Waals surface area contributed by atoms with Crippen LogP contribution in [-0.4, -0.2) is 21.9 Å². The fourth-order valence-electron chi connectivity index (χ4n) is 2.48. The second kappa shape index (κ2) is 5.26. The van der Waals surface area contributed by atoms with Crippen molar-refractivity contribution in [1.82, 2.24) is 4.57 Å². The van der Waals surface area contributed by atoms with Gasteiger partial charge in [0.2, 0.25) is 0 Å². The van der Waals surface area contributed by atoms with E-state index in [1.165, 1.54) is 0 Å². The summed E-state index contributed by atoms with van der Waals surface area (Å²) in [6.45, 7) is 4.77. The summed E-state index contributed by atoms with van der Waals surface area (Å²) in [5.74, 6) is -0.999. The molecule has 1 aromatic heterocycles. The zero-order valence-electron chi connectivity index (χ0n) is 11.1. The van der Waals surface area contributed by atoms with E-state index in [4.69, 9.17) is 0 Å². The Morgan fingerprint density at radius 2 is 2.16 bits per heavy atom. The van der Waals surface area contributed by atoms with Gasteiger partial charge >= 0.3 is 5.97 Å². The number of unbranched alkanes of at least 4 members (excludes halogenated alkanes) is 1. The molecule has 0 saturated carbocycles. The topological polar surface area (TPSA) is 59.3 Å². The molecule has 0 fully saturated rings. The molecule has 0 aliphatic rings. The largest absolute Gasteiger partial charge is 0.478 e. The van der Waals surface area contributed by atoms with Gasteiger partial charge in [0.1, 0.15) is 0 Å². The van der Waals surface area contributed by atoms with E-state index in [0.29, 0.717) is 10.9 Å². The van der Waals surface area contributed by atoms with E-state index in [1.54, 1.807) is 12.1 Å². The molecule has 0 aliphatic heterocycles. The fraction of sp³-hybridized carbons (Fsp3) is 0.333. The van der Waals surface area contributed by atoms with Gasteiger partial charge in [0, 0.05) is 28.7 Å². The first-order valence-corrected chi connectivity index (χ1v) is 6.42. The Morgan fingerprint density at radius 3 is 2.74 bits per heavy atom. The van der Waals surface area contributed by atoms with Crippen LogP contribution in [0.2, 0.25) is 0 Å². The minimum atomic E-state index is -0.999. The number of carboxylic acid groups (broad SMARTS) is 1. The number of carbonyl (C=O) groups is 2. The van der Waals surface area contributed by atoms with Crippen molar-refractivity contribution in [3.05, 3.63) is 35.0 Å². The molecular weight excluding hydrogens is 242 g/mol. The van der Waals surface area contributed by atoms with Crippen LogP contribution in [0.1, 0.15) is 46.2 Å². The van der Waals surface area contributed by atoms with Crippen molar-refractivity contribution in [1.29, 1.82) is 0 Å². The van der Waals surface area contributed by atoms with Crippen molar-refractivity contribution in [3.8, 4) is 0 Å². The molecule has 0 aliphatic carbocycles. The number of aromatic carboxylic acids is 1. The molecule has 0 atom stereocenters. The molecule has 100 valence electrons. The normalized spacial score (nSPS) is 10.8. The third-order valence-corrected chi connectivity index (χ3v) is 3.48. The van der Waals surface area contributed by atoms with Crippen LogP contribution >= 0.6 is 0 Å². The monoisotopic (exact) mass is 259 g/mol. The zero-order valence-corrected chi connectivity index (χ0v) is 11.1. The number of nitrogens with zero attached hydrogens (tertiary/aromatic N) is 1. The maximum Gasteiger partial charge on any atom is 0.336 e. The van der Waals surface area contributed by atoms with Crippen LogP contribution in [0.25, 0.3) is 10.9 Å². The highest BCUT2D eigenvalue weighted by atomic mass is 16.4. The number of fused-ring (bicyclic) bond motifs is 1. The Kier molecular flexibility index (Phi) is 3.69. The Balaban J connectivity index is 2.78. The summed E-state index contributed by atoms with van der Waals surface area (Å²) in [7, 11) is 0. The lowest BCUT2D eigenvalue weighted by Gasteiger charge is -2.07. The van der Waals surface area contributed by atoms with E-state index < -0.39 is 5.97 Å². The van der Waals surface area contributed by atoms with Crippen molar-refractivity contribution < 1.29 is 14.7 Å². The molecule has 4 heteroatoms. The van der Waals surface area contributed by atoms with Crippen LogP contribution in [0.3, 0.4) is 0 Å². The Hall–Kier alpha value is -2.10. The summed E-state index contributed by atoms with van der Waals surface area (Å²) in [6.07, 6.45) is 2.81. The average molecular weight is 259 g/mol. The van der Waals surface area contributed by atoms with Gasteiger partial charge in [0.25, 0.3) is 0 Å². The van der Waals surface area contributed by atoms with Gasteiger partial charge in [-0.15, -0.1) is 0 Å². The van der Waals surface area contributed by atoms with Crippen LogP contribution < -0.4 is 0 Å². The number of hydrogen-bond donors (Lipinski definition) is 1. The molecule has 19 heavy (non-hydrogen) atoms. The lowest BCUT2D eigenvalue weighted by molar-refractivity contribution is 0.0699. The standard InChI is InChI=1S/C15H17NO3/c1-3-4-8-16-10(2)12(9-17)14-11(15(18)19)6-5-7-13(14)16/h5-7,9H,3-4,8H2,1-2H3,(H,18,19). The predicted octanol–water partition coefficient (Wildman–Crippen LogP) is 3.26. The molecule has 2 rings (SSSR count). The second-order valence-corrected chi connectivity index (χ2v) is 4.63. The predicted molar refractivity (Wildman–Crippen MR) is 73.9 cm³/mol. The number of aromatic nitrogens is 1. The lowest BCUT2D eigenvalue weighted by atomic mass is 10.1. The maximum atomic E-state index is 11.3. The molecule has 4 nitrogen and oxygen atoms in total. The molecular formula is C15H17NO3. The van der Waals surface area contributed by atoms with Crippen molar-refractivity contribution in [3.63, 3.8) is 0 Å². The molecule has 0 amide bonds. The first-order chi connectivity index (χ1) is 9.11. The van der Waals surface area contributed by atoms with Gasteiger partial charge in [-0.05, 0) is 25.5 Å². The zero-order chi connectivity index (χ0) is 14.0. The number of benzene rings is 1. The Labute approximate surface area is 111 Å². The number of aryl methyl sites for hydroxylation is 1. The van der Waals surface area contributed by atoms with Crippen LogP contribution in [0.5, 0.6) is 0 Å². The van der Waals surface area contributed by atoms with Crippen molar-refractivity contribution in [2.45, 2.75) is 33.2 Å². The van der Waals surface area contributed by atoms with Crippen LogP contribution in [-0.2, 0) is 6.54 Å². The Morgan fingerprint density at radius 1 is 1.42 bits per heavy atom. The van der Waals surface area contributed by atoms with Gasteiger partial charge in [-0.2, -0.15) is 0 Å². The van der Waals surface area contributed by atoms with Crippen molar-refractivity contribution >= 4 is 23.2 Å². The van der Waals surface area contributed by atoms with Crippen LogP contribution in [0.15, 0.2) is 18.2 Å². The summed E-state index contributed by atoms with van der Waals surface area (Å²) < 4.78 is 2.04. The van der Waals surface area contributed by atoms with E-state index in [2.05, 4.69) is 6.92 Å². The molecule has 0 unspecified atom stereocenters. The van der Waals surface area contributed by atoms with E-state index >= 15 is 0 Å². The third kappa shape index (κ3) is 2.14. The summed E-state index contributed by atoms with van der Waals surface area (Å²) in [5.41, 5.74) is 2.35. The highest BCUT2D eigenvalue weighted by Crippen LogP contribution is 2.28. The van der Waals surface area contributed by atoms with E-state index in [-0.39, 0.29) is 5.56 Å². The summed E-state index contributed by atoms with van der Waals surface area (Å²) in [4.78, 5) is 22.6. The van der Waals surface area contributed by atoms with Crippen molar-refractivity contribution in [2.24, 2.45) is 0 Å². The third-order valence-electron chi connectivity index (χ3n) is 3.48. The van der Waals surface area contributed by atoms with Gasteiger partial charge in [-0.25, -0.2) is 4.79 Å². The summed E-state index contributed by atoms with van der Waals surface area (Å²) in [6, 6.07) is 5.14. The smallest absolute Gasteiger partial charge is 0.336 e. The van der Waals surface area contributed by atoms with Crippen LogP contribution in [0.4, 0.5) is 0 Å². The first kappa shape index (κ1) is 13.3. The summed E-state index contributed by atoms with van der Waals surface area (Å²) >= 11 is 0. The molecule has 1 N–H and O–H groups in total. The highest BCUT2D eigenvalue weighted by molar-refractivity contribution is 6.10. The molecule has 1 aromatic carbocycles. The maximum absolute atomic E-state index is 11.3. The highest BCUT2D eigenvalue weighted by Gasteiger charge is 2.19. The second-order valence-electron chi connectivity index (χ2n) is 4.63. The minimum Gasteiger partial charge on any atom is -0.478 e. The number of aldehydes is 1.